The number of Topliss-reactive ketones (excluding diaryl/α,β-unsaturated/α-hetero) is 1. The molecule has 3 atom stereocenters. The summed E-state index contributed by atoms with van der Waals surface area (Å²) in [5, 5.41) is 0. The Morgan fingerprint density at radius 1 is 1.06 bits per heavy atom. The highest BCUT2D eigenvalue weighted by Gasteiger charge is 2.45. The van der Waals surface area contributed by atoms with Crippen molar-refractivity contribution in [1.82, 2.24) is 0 Å². The maximum Gasteiger partial charge on any atom is 0.315 e. The number of benzene rings is 2. The molecule has 0 bridgehead atoms. The van der Waals surface area contributed by atoms with Gasteiger partial charge < -0.3 is 9.47 Å². The molecule has 0 N–H and O–H groups in total. The fraction of sp³-hybridized carbons (Fsp3) is 0.370. The van der Waals surface area contributed by atoms with E-state index in [1.165, 1.54) is 6.07 Å². The van der Waals surface area contributed by atoms with Crippen molar-refractivity contribution in [2.75, 3.05) is 19.8 Å². The van der Waals surface area contributed by atoms with Crippen LogP contribution >= 0.6 is 0 Å². The van der Waals surface area contributed by atoms with Crippen molar-refractivity contribution in [2.24, 2.45) is 10.9 Å². The van der Waals surface area contributed by atoms with Gasteiger partial charge in [-0.3, -0.25) is 14.6 Å². The topological polar surface area (TPSA) is 65.0 Å². The van der Waals surface area contributed by atoms with Crippen LogP contribution in [0.1, 0.15) is 49.7 Å². The van der Waals surface area contributed by atoms with Crippen LogP contribution < -0.4 is 0 Å². The Labute approximate surface area is 193 Å². The van der Waals surface area contributed by atoms with Crippen LogP contribution in [-0.2, 0) is 19.1 Å². The predicted molar refractivity (Wildman–Crippen MR) is 124 cm³/mol. The summed E-state index contributed by atoms with van der Waals surface area (Å²) in [6.07, 6.45) is 0.869. The minimum absolute atomic E-state index is 0.00460. The molecule has 0 spiro atoms. The number of allylic oxidation sites excluding steroid dienone is 2. The predicted octanol–water partition coefficient (Wildman–Crippen LogP) is 4.98. The number of rotatable bonds is 7. The number of ether oxygens (including phenoxy) is 2. The third kappa shape index (κ3) is 4.81. The molecule has 0 aromatic heterocycles. The molecule has 0 saturated heterocycles. The largest absolute Gasteiger partial charge is 0.463 e. The van der Waals surface area contributed by atoms with Crippen molar-refractivity contribution in [3.05, 3.63) is 82.8 Å². The van der Waals surface area contributed by atoms with E-state index >= 15 is 0 Å². The Morgan fingerprint density at radius 2 is 1.79 bits per heavy atom. The van der Waals surface area contributed by atoms with E-state index in [0.29, 0.717) is 42.0 Å². The van der Waals surface area contributed by atoms with Crippen molar-refractivity contribution >= 4 is 17.5 Å². The average Bonchev–Trinajstić information content (AvgIpc) is 2.81. The highest BCUT2D eigenvalue weighted by Crippen LogP contribution is 2.47. The molecule has 0 fully saturated rings. The van der Waals surface area contributed by atoms with E-state index < -0.39 is 23.6 Å². The van der Waals surface area contributed by atoms with Gasteiger partial charge in [0.15, 0.2) is 5.78 Å². The lowest BCUT2D eigenvalue weighted by molar-refractivity contribution is -0.148. The molecular weight excluding hydrogens is 421 g/mol. The van der Waals surface area contributed by atoms with Gasteiger partial charge >= 0.3 is 5.97 Å². The Morgan fingerprint density at radius 3 is 2.52 bits per heavy atom. The molecule has 0 amide bonds. The second-order valence-electron chi connectivity index (χ2n) is 8.39. The maximum absolute atomic E-state index is 15.0. The zero-order valence-corrected chi connectivity index (χ0v) is 18.9. The summed E-state index contributed by atoms with van der Waals surface area (Å²) >= 11 is 0. The van der Waals surface area contributed by atoms with Gasteiger partial charge in [-0.1, -0.05) is 48.5 Å². The zero-order chi connectivity index (χ0) is 23.4. The van der Waals surface area contributed by atoms with Gasteiger partial charge in [-0.25, -0.2) is 4.39 Å². The first-order chi connectivity index (χ1) is 16.0. The van der Waals surface area contributed by atoms with Crippen molar-refractivity contribution in [3.8, 4) is 0 Å². The number of hydrogen-bond donors (Lipinski definition) is 0. The molecule has 6 heteroatoms. The van der Waals surface area contributed by atoms with E-state index in [1.807, 2.05) is 37.3 Å². The average molecular weight is 450 g/mol. The molecule has 2 aromatic rings. The van der Waals surface area contributed by atoms with Crippen molar-refractivity contribution < 1.29 is 23.5 Å². The van der Waals surface area contributed by atoms with Crippen LogP contribution in [0, 0.1) is 11.7 Å². The number of carbonyl (C=O) groups is 2. The number of esters is 1. The molecule has 2 aromatic carbocycles. The summed E-state index contributed by atoms with van der Waals surface area (Å²) in [6, 6.07) is 16.2. The highest BCUT2D eigenvalue weighted by atomic mass is 19.1. The second kappa shape index (κ2) is 10.2. The minimum atomic E-state index is -0.862. The number of ketones is 1. The third-order valence-electron chi connectivity index (χ3n) is 6.33. The van der Waals surface area contributed by atoms with Crippen LogP contribution in [0.2, 0.25) is 0 Å². The molecule has 1 aliphatic heterocycles. The SMILES string of the molecule is CCOCCOC(=O)C1C(C)=NC2=C(C(=O)C[C@H](c3ccccc3)C2)[C@H]1c1ccccc1F. The van der Waals surface area contributed by atoms with E-state index in [1.54, 1.807) is 25.1 Å². The van der Waals surface area contributed by atoms with Crippen LogP contribution in [0.25, 0.3) is 0 Å². The Hall–Kier alpha value is -3.12. The molecule has 1 unspecified atom stereocenters. The Bertz CT molecular complexity index is 1090. The molecule has 2 aliphatic rings. The smallest absolute Gasteiger partial charge is 0.315 e. The lowest BCUT2D eigenvalue weighted by atomic mass is 9.69. The molecule has 172 valence electrons. The number of hydrogen-bond acceptors (Lipinski definition) is 5. The summed E-state index contributed by atoms with van der Waals surface area (Å²) in [5.74, 6) is -2.68. The molecule has 0 saturated carbocycles. The van der Waals surface area contributed by atoms with E-state index in [-0.39, 0.29) is 24.9 Å². The van der Waals surface area contributed by atoms with Crippen LogP contribution in [-0.4, -0.2) is 37.3 Å². The van der Waals surface area contributed by atoms with Crippen LogP contribution in [0.5, 0.6) is 0 Å². The van der Waals surface area contributed by atoms with Gasteiger partial charge in [0.25, 0.3) is 0 Å². The van der Waals surface area contributed by atoms with Gasteiger partial charge in [0.1, 0.15) is 18.3 Å². The quantitative estimate of drug-likeness (QED) is 0.442. The van der Waals surface area contributed by atoms with Crippen molar-refractivity contribution in [3.63, 3.8) is 0 Å². The van der Waals surface area contributed by atoms with E-state index in [2.05, 4.69) is 0 Å². The van der Waals surface area contributed by atoms with E-state index in [4.69, 9.17) is 14.5 Å². The summed E-state index contributed by atoms with van der Waals surface area (Å²) in [5.41, 5.74) is 3.00. The highest BCUT2D eigenvalue weighted by molar-refractivity contribution is 6.09. The maximum atomic E-state index is 15.0. The lowest BCUT2D eigenvalue weighted by Crippen LogP contribution is -2.38. The molecular formula is C27H28FNO4. The van der Waals surface area contributed by atoms with Gasteiger partial charge in [0.2, 0.25) is 0 Å². The van der Waals surface area contributed by atoms with Gasteiger partial charge in [-0.05, 0) is 43.4 Å². The lowest BCUT2D eigenvalue weighted by Gasteiger charge is -2.36. The van der Waals surface area contributed by atoms with Gasteiger partial charge in [-0.15, -0.1) is 0 Å². The summed E-state index contributed by atoms with van der Waals surface area (Å²) in [4.78, 5) is 31.3. The van der Waals surface area contributed by atoms with Crippen LogP contribution in [0.15, 0.2) is 70.9 Å². The normalized spacial score (nSPS) is 22.6. The molecule has 0 radical (unpaired) electrons. The number of carbonyl (C=O) groups excluding carboxylic acids is 2. The summed E-state index contributed by atoms with van der Waals surface area (Å²) < 4.78 is 25.7. The number of halogens is 1. The van der Waals surface area contributed by atoms with E-state index in [0.717, 1.165) is 5.56 Å². The first-order valence-electron chi connectivity index (χ1n) is 11.4. The first-order valence-corrected chi connectivity index (χ1v) is 11.4. The second-order valence-corrected chi connectivity index (χ2v) is 8.39. The first kappa shape index (κ1) is 23.1. The van der Waals surface area contributed by atoms with Gasteiger partial charge in [0, 0.05) is 35.9 Å². The zero-order valence-electron chi connectivity index (χ0n) is 18.9. The molecule has 1 heterocycles. The molecule has 1 aliphatic carbocycles. The standard InChI is InChI=1S/C27H28FNO4/c1-3-32-13-14-33-27(31)24-17(2)29-22-15-19(18-9-5-4-6-10-18)16-23(30)26(22)25(24)20-11-7-8-12-21(20)28/h4-12,19,24-25H,3,13-16H2,1-2H3/t19-,24?,25+/m1/s1. The monoisotopic (exact) mass is 449 g/mol. The molecule has 4 rings (SSSR count). The molecule has 33 heavy (non-hydrogen) atoms. The van der Waals surface area contributed by atoms with Crippen molar-refractivity contribution in [1.29, 1.82) is 0 Å². The van der Waals surface area contributed by atoms with Gasteiger partial charge in [0.05, 0.1) is 6.61 Å². The summed E-state index contributed by atoms with van der Waals surface area (Å²) in [6.45, 7) is 4.51. The minimum Gasteiger partial charge on any atom is -0.463 e. The van der Waals surface area contributed by atoms with Crippen molar-refractivity contribution in [2.45, 2.75) is 38.5 Å². The number of nitrogens with zero attached hydrogens (tertiary/aromatic N) is 1. The Balaban J connectivity index is 1.72. The summed E-state index contributed by atoms with van der Waals surface area (Å²) in [7, 11) is 0. The Kier molecular flexibility index (Phi) is 7.14. The van der Waals surface area contributed by atoms with Crippen LogP contribution in [0.4, 0.5) is 4.39 Å². The fourth-order valence-electron chi connectivity index (χ4n) is 4.82. The number of aliphatic imine (C=N–C) groups is 1. The van der Waals surface area contributed by atoms with Crippen LogP contribution in [0.3, 0.4) is 0 Å². The van der Waals surface area contributed by atoms with E-state index in [9.17, 15) is 14.0 Å². The fourth-order valence-corrected chi connectivity index (χ4v) is 4.82. The molecule has 5 nitrogen and oxygen atoms in total. The third-order valence-corrected chi connectivity index (χ3v) is 6.33. The van der Waals surface area contributed by atoms with Gasteiger partial charge in [-0.2, -0.15) is 0 Å².